The Bertz CT molecular complexity index is 1320. The Morgan fingerprint density at radius 3 is 2.56 bits per heavy atom. The van der Waals surface area contributed by atoms with Crippen LogP contribution in [-0.4, -0.2) is 83.3 Å². The van der Waals surface area contributed by atoms with Crippen LogP contribution < -0.4 is 4.90 Å². The molecule has 3 fully saturated rings. The predicted molar refractivity (Wildman–Crippen MR) is 152 cm³/mol. The number of piperidine rings is 1. The van der Waals surface area contributed by atoms with Crippen LogP contribution >= 0.6 is 0 Å². The van der Waals surface area contributed by atoms with Crippen LogP contribution in [0.1, 0.15) is 45.1 Å². The molecule has 2 aliphatic heterocycles. The SMILES string of the molecule is COC1(C2C=CC(c3cc4c(N5CCN(C(=O)[C@H]6C[C@@H]6C#N)CC5)ccnn4c3)=CC2)CCN(C(C)C)CC1. The number of amides is 1. The molecule has 0 bridgehead atoms. The second kappa shape index (κ2) is 10.4. The molecule has 0 radical (unpaired) electrons. The van der Waals surface area contributed by atoms with Crippen LogP contribution in [0.5, 0.6) is 0 Å². The minimum atomic E-state index is -0.0807. The number of nitrogens with zero attached hydrogens (tertiary/aromatic N) is 6. The van der Waals surface area contributed by atoms with E-state index < -0.39 is 0 Å². The topological polar surface area (TPSA) is 77.1 Å². The van der Waals surface area contributed by atoms with E-state index in [0.717, 1.165) is 63.1 Å². The maximum absolute atomic E-state index is 12.7. The lowest BCUT2D eigenvalue weighted by Crippen LogP contribution is -2.51. The molecule has 2 saturated heterocycles. The van der Waals surface area contributed by atoms with E-state index in [0.29, 0.717) is 25.0 Å². The Hall–Kier alpha value is -3.15. The average molecular weight is 529 g/mol. The third-order valence-corrected chi connectivity index (χ3v) is 9.58. The molecule has 8 heteroatoms. The zero-order valence-electron chi connectivity index (χ0n) is 23.4. The van der Waals surface area contributed by atoms with E-state index in [9.17, 15) is 4.79 Å². The molecule has 39 heavy (non-hydrogen) atoms. The molecular formula is C31H40N6O2. The van der Waals surface area contributed by atoms with Gasteiger partial charge in [-0.3, -0.25) is 4.79 Å². The van der Waals surface area contributed by atoms with Gasteiger partial charge in [-0.2, -0.15) is 10.4 Å². The summed E-state index contributed by atoms with van der Waals surface area (Å²) in [5.41, 5.74) is 4.57. The van der Waals surface area contributed by atoms with Gasteiger partial charge >= 0.3 is 0 Å². The lowest BCUT2D eigenvalue weighted by atomic mass is 9.75. The van der Waals surface area contributed by atoms with Gasteiger partial charge in [-0.1, -0.05) is 18.2 Å². The number of rotatable bonds is 6. The van der Waals surface area contributed by atoms with Gasteiger partial charge in [-0.25, -0.2) is 4.52 Å². The Morgan fingerprint density at radius 2 is 1.95 bits per heavy atom. The molecule has 4 aliphatic rings. The van der Waals surface area contributed by atoms with Gasteiger partial charge in [0.05, 0.1) is 34.7 Å². The summed E-state index contributed by atoms with van der Waals surface area (Å²) in [5.74, 6) is 0.390. The summed E-state index contributed by atoms with van der Waals surface area (Å²) in [6.45, 7) is 9.70. The van der Waals surface area contributed by atoms with Crippen molar-refractivity contribution in [1.29, 1.82) is 5.26 Å². The number of fused-ring (bicyclic) bond motifs is 1. The van der Waals surface area contributed by atoms with Gasteiger partial charge in [0, 0.05) is 76.3 Å². The Kier molecular flexibility index (Phi) is 6.98. The number of methoxy groups -OCH3 is 1. The normalized spacial score (nSPS) is 27.1. The van der Waals surface area contributed by atoms with Gasteiger partial charge < -0.3 is 19.4 Å². The number of allylic oxidation sites excluding steroid dienone is 3. The van der Waals surface area contributed by atoms with Crippen molar-refractivity contribution in [2.45, 2.75) is 51.2 Å². The molecule has 1 unspecified atom stereocenters. The maximum atomic E-state index is 12.7. The maximum Gasteiger partial charge on any atom is 0.227 e. The number of ether oxygens (including phenoxy) is 1. The number of carbonyl (C=O) groups is 1. The fraction of sp³-hybridized carbons (Fsp3) is 0.581. The van der Waals surface area contributed by atoms with Gasteiger partial charge in [0.15, 0.2) is 0 Å². The minimum absolute atomic E-state index is 0.0779. The highest BCUT2D eigenvalue weighted by Gasteiger charge is 2.45. The average Bonchev–Trinajstić information content (AvgIpc) is 3.65. The van der Waals surface area contributed by atoms with Gasteiger partial charge in [0.25, 0.3) is 0 Å². The highest BCUT2D eigenvalue weighted by Crippen LogP contribution is 2.41. The minimum Gasteiger partial charge on any atom is -0.378 e. The fourth-order valence-corrected chi connectivity index (χ4v) is 6.81. The summed E-state index contributed by atoms with van der Waals surface area (Å²) in [7, 11) is 1.89. The molecule has 1 saturated carbocycles. The number of nitriles is 1. The zero-order chi connectivity index (χ0) is 27.1. The molecule has 206 valence electrons. The summed E-state index contributed by atoms with van der Waals surface area (Å²) >= 11 is 0. The number of aromatic nitrogens is 2. The van der Waals surface area contributed by atoms with Crippen LogP contribution in [0, 0.1) is 29.1 Å². The first-order valence-corrected chi connectivity index (χ1v) is 14.5. The number of piperazine rings is 1. The van der Waals surface area contributed by atoms with Crippen molar-refractivity contribution in [2.24, 2.45) is 17.8 Å². The summed E-state index contributed by atoms with van der Waals surface area (Å²) in [5, 5.41) is 13.7. The third-order valence-electron chi connectivity index (χ3n) is 9.58. The number of likely N-dealkylation sites (tertiary alicyclic amines) is 1. The van der Waals surface area contributed by atoms with E-state index in [-0.39, 0.29) is 23.3 Å². The molecule has 6 rings (SSSR count). The van der Waals surface area contributed by atoms with Crippen molar-refractivity contribution < 1.29 is 9.53 Å². The molecule has 0 spiro atoms. The lowest BCUT2D eigenvalue weighted by molar-refractivity contribution is -0.133. The van der Waals surface area contributed by atoms with E-state index in [4.69, 9.17) is 10.00 Å². The molecular weight excluding hydrogens is 488 g/mol. The van der Waals surface area contributed by atoms with Crippen molar-refractivity contribution >= 4 is 22.7 Å². The first-order valence-electron chi connectivity index (χ1n) is 14.5. The smallest absolute Gasteiger partial charge is 0.227 e. The summed E-state index contributed by atoms with van der Waals surface area (Å²) in [4.78, 5) is 19.5. The number of hydrogen-bond acceptors (Lipinski definition) is 6. The second-order valence-corrected chi connectivity index (χ2v) is 11.9. The first-order chi connectivity index (χ1) is 18.9. The van der Waals surface area contributed by atoms with Crippen molar-refractivity contribution in [1.82, 2.24) is 19.4 Å². The lowest BCUT2D eigenvalue weighted by Gasteiger charge is -2.46. The molecule has 0 aromatic carbocycles. The van der Waals surface area contributed by atoms with E-state index in [2.05, 4.69) is 71.4 Å². The van der Waals surface area contributed by atoms with E-state index in [1.165, 1.54) is 11.1 Å². The largest absolute Gasteiger partial charge is 0.378 e. The van der Waals surface area contributed by atoms with Crippen LogP contribution in [0.4, 0.5) is 5.69 Å². The second-order valence-electron chi connectivity index (χ2n) is 11.9. The highest BCUT2D eigenvalue weighted by atomic mass is 16.5. The monoisotopic (exact) mass is 528 g/mol. The highest BCUT2D eigenvalue weighted by molar-refractivity contribution is 5.84. The van der Waals surface area contributed by atoms with Crippen LogP contribution in [0.15, 0.2) is 42.8 Å². The van der Waals surface area contributed by atoms with Gasteiger partial charge in [0.2, 0.25) is 5.91 Å². The zero-order valence-corrected chi connectivity index (χ0v) is 23.4. The molecule has 0 N–H and O–H groups in total. The van der Waals surface area contributed by atoms with E-state index in [1.807, 2.05) is 22.7 Å². The van der Waals surface area contributed by atoms with Crippen molar-refractivity contribution in [3.63, 3.8) is 0 Å². The molecule has 4 heterocycles. The molecule has 2 aliphatic carbocycles. The standard InChI is InChI=1S/C31H40N6O2/c1-22(2)34-12-9-31(39-3,10-13-34)26-6-4-23(5-7-26)25-19-29-28(8-11-33-37(29)21-25)35-14-16-36(17-15-35)30(38)27-18-24(27)20-32/h4-6,8,11,19,21-22,24,26-27H,7,9-10,12-18H2,1-3H3/t24-,26?,27+/m1/s1. The Labute approximate surface area is 231 Å². The van der Waals surface area contributed by atoms with Gasteiger partial charge in [0.1, 0.15) is 0 Å². The van der Waals surface area contributed by atoms with E-state index >= 15 is 0 Å². The van der Waals surface area contributed by atoms with Crippen LogP contribution in [0.25, 0.3) is 11.1 Å². The number of anilines is 1. The molecule has 8 nitrogen and oxygen atoms in total. The number of carbonyl (C=O) groups excluding carboxylic acids is 1. The van der Waals surface area contributed by atoms with Crippen LogP contribution in [-0.2, 0) is 9.53 Å². The fourth-order valence-electron chi connectivity index (χ4n) is 6.81. The molecule has 3 atom stereocenters. The van der Waals surface area contributed by atoms with Crippen molar-refractivity contribution in [3.05, 3.63) is 48.3 Å². The predicted octanol–water partition coefficient (Wildman–Crippen LogP) is 3.99. The Balaban J connectivity index is 1.13. The van der Waals surface area contributed by atoms with Crippen molar-refractivity contribution in [3.8, 4) is 6.07 Å². The molecule has 2 aromatic heterocycles. The van der Waals surface area contributed by atoms with Gasteiger partial charge in [-0.15, -0.1) is 0 Å². The number of hydrogen-bond donors (Lipinski definition) is 0. The van der Waals surface area contributed by atoms with E-state index in [1.54, 1.807) is 0 Å². The summed E-state index contributed by atoms with van der Waals surface area (Å²) in [6, 6.07) is 7.14. The third kappa shape index (κ3) is 4.87. The quantitative estimate of drug-likeness (QED) is 0.564. The molecule has 2 aromatic rings. The first kappa shape index (κ1) is 26.1. The summed E-state index contributed by atoms with van der Waals surface area (Å²) < 4.78 is 8.18. The molecule has 1 amide bonds. The Morgan fingerprint density at radius 1 is 1.18 bits per heavy atom. The van der Waals surface area contributed by atoms with Crippen molar-refractivity contribution in [2.75, 3.05) is 51.3 Å². The van der Waals surface area contributed by atoms with Crippen LogP contribution in [0.3, 0.4) is 0 Å². The van der Waals surface area contributed by atoms with Gasteiger partial charge in [-0.05, 0) is 57.2 Å². The summed E-state index contributed by atoms with van der Waals surface area (Å²) in [6.07, 6.45) is 14.8. The van der Waals surface area contributed by atoms with Crippen LogP contribution in [0.2, 0.25) is 0 Å².